The van der Waals surface area contributed by atoms with Gasteiger partial charge in [0.25, 0.3) is 0 Å². The predicted octanol–water partition coefficient (Wildman–Crippen LogP) is 2.54. The van der Waals surface area contributed by atoms with Gasteiger partial charge in [0, 0.05) is 0 Å². The molecule has 0 atom stereocenters. The van der Waals surface area contributed by atoms with Gasteiger partial charge in [0.1, 0.15) is 0 Å². The summed E-state index contributed by atoms with van der Waals surface area (Å²) in [6.07, 6.45) is 8.79. The van der Waals surface area contributed by atoms with Crippen LogP contribution in [-0.2, 0) is 0 Å². The van der Waals surface area contributed by atoms with Gasteiger partial charge >= 0.3 is 0 Å². The van der Waals surface area contributed by atoms with Crippen LogP contribution < -0.4 is 0 Å². The molecule has 0 nitrogen and oxygen atoms in total. The maximum atomic E-state index is 5.15. The summed E-state index contributed by atoms with van der Waals surface area (Å²) in [6, 6.07) is 0. The van der Waals surface area contributed by atoms with E-state index in [0.717, 1.165) is 19.3 Å². The zero-order chi connectivity index (χ0) is 6.24. The quantitative estimate of drug-likeness (QED) is 0.485. The molecule has 0 spiro atoms. The first kappa shape index (κ1) is 7.48. The molecule has 0 saturated carbocycles. The van der Waals surface area contributed by atoms with Crippen LogP contribution in [0.1, 0.15) is 19.3 Å². The standard InChI is InChI=1S/C8H12/c1-3-5-7-8-6-4-2/h1,3-4,6H,2,5,7-8H2/b3-1?,6-4+. The van der Waals surface area contributed by atoms with Crippen molar-refractivity contribution in [3.05, 3.63) is 31.7 Å². The zero-order valence-electron chi connectivity index (χ0n) is 5.14. The number of allylic oxidation sites excluding steroid dienone is 3. The van der Waals surface area contributed by atoms with Crippen molar-refractivity contribution in [3.8, 4) is 0 Å². The van der Waals surface area contributed by atoms with Crippen molar-refractivity contribution < 1.29 is 0 Å². The molecule has 0 aromatic carbocycles. The Morgan fingerprint density at radius 1 is 1.38 bits per heavy atom. The topological polar surface area (TPSA) is 0 Å². The van der Waals surface area contributed by atoms with Crippen molar-refractivity contribution in [3.63, 3.8) is 0 Å². The highest BCUT2D eigenvalue weighted by atomic mass is 13.8. The largest absolute Gasteiger partial charge is 0.0885 e. The van der Waals surface area contributed by atoms with Crippen molar-refractivity contribution in [2.75, 3.05) is 0 Å². The lowest BCUT2D eigenvalue weighted by Crippen LogP contribution is -1.65. The summed E-state index contributed by atoms with van der Waals surface area (Å²) in [5, 5.41) is 0. The van der Waals surface area contributed by atoms with E-state index in [1.165, 1.54) is 0 Å². The van der Waals surface area contributed by atoms with Crippen LogP contribution in [0.15, 0.2) is 18.2 Å². The Balaban J connectivity index is 2.82. The molecule has 44 valence electrons. The summed E-state index contributed by atoms with van der Waals surface area (Å²) < 4.78 is 0. The molecule has 0 aromatic rings. The van der Waals surface area contributed by atoms with Crippen molar-refractivity contribution in [1.82, 2.24) is 0 Å². The van der Waals surface area contributed by atoms with Gasteiger partial charge < -0.3 is 0 Å². The van der Waals surface area contributed by atoms with Crippen molar-refractivity contribution in [2.45, 2.75) is 19.3 Å². The lowest BCUT2D eigenvalue weighted by molar-refractivity contribution is 0.869. The van der Waals surface area contributed by atoms with Crippen molar-refractivity contribution >= 4 is 0 Å². The number of unbranched alkanes of at least 4 members (excludes halogenated alkanes) is 2. The maximum Gasteiger partial charge on any atom is -0.0316 e. The second-order valence-electron chi connectivity index (χ2n) is 1.64. The summed E-state index contributed by atoms with van der Waals surface area (Å²) >= 11 is 0. The van der Waals surface area contributed by atoms with Crippen LogP contribution in [0, 0.1) is 13.5 Å². The lowest BCUT2D eigenvalue weighted by atomic mass is 10.2. The number of rotatable bonds is 4. The SMILES string of the molecule is [CH]=CCCC/C=C/[CH2]. The minimum absolute atomic E-state index is 1.00. The first-order chi connectivity index (χ1) is 3.91. The van der Waals surface area contributed by atoms with E-state index in [1.807, 2.05) is 12.2 Å². The van der Waals surface area contributed by atoms with E-state index in [4.69, 9.17) is 6.58 Å². The summed E-state index contributed by atoms with van der Waals surface area (Å²) in [5.74, 6) is 0. The van der Waals surface area contributed by atoms with Crippen LogP contribution in [-0.4, -0.2) is 0 Å². The van der Waals surface area contributed by atoms with Gasteiger partial charge in [0.2, 0.25) is 0 Å². The van der Waals surface area contributed by atoms with Gasteiger partial charge in [-0.05, 0) is 26.2 Å². The molecule has 0 rings (SSSR count). The Bertz CT molecular complexity index is 70.1. The second kappa shape index (κ2) is 6.48. The zero-order valence-corrected chi connectivity index (χ0v) is 5.14. The molecular formula is C8H12. The fourth-order valence-electron chi connectivity index (χ4n) is 0.471. The van der Waals surface area contributed by atoms with Crippen LogP contribution in [0.25, 0.3) is 0 Å². The third-order valence-electron chi connectivity index (χ3n) is 0.908. The van der Waals surface area contributed by atoms with Crippen molar-refractivity contribution in [2.24, 2.45) is 0 Å². The molecule has 0 heteroatoms. The van der Waals surface area contributed by atoms with E-state index in [-0.39, 0.29) is 0 Å². The van der Waals surface area contributed by atoms with Crippen LogP contribution in [0.5, 0.6) is 0 Å². The van der Waals surface area contributed by atoms with E-state index >= 15 is 0 Å². The van der Waals surface area contributed by atoms with Crippen LogP contribution in [0.4, 0.5) is 0 Å². The van der Waals surface area contributed by atoms with E-state index in [1.54, 1.807) is 6.08 Å². The molecule has 0 bridgehead atoms. The Morgan fingerprint density at radius 2 is 2.12 bits per heavy atom. The monoisotopic (exact) mass is 108 g/mol. The van der Waals surface area contributed by atoms with Gasteiger partial charge in [-0.1, -0.05) is 24.8 Å². The molecule has 0 aliphatic carbocycles. The first-order valence-electron chi connectivity index (χ1n) is 2.89. The van der Waals surface area contributed by atoms with Gasteiger partial charge in [-0.15, -0.1) is 0 Å². The summed E-state index contributed by atoms with van der Waals surface area (Å²) in [7, 11) is 0. The predicted molar refractivity (Wildman–Crippen MR) is 37.2 cm³/mol. The third kappa shape index (κ3) is 5.48. The van der Waals surface area contributed by atoms with Crippen molar-refractivity contribution in [1.29, 1.82) is 0 Å². The van der Waals surface area contributed by atoms with Crippen LogP contribution in [0.2, 0.25) is 0 Å². The van der Waals surface area contributed by atoms with Crippen LogP contribution in [0.3, 0.4) is 0 Å². The molecule has 2 radical (unpaired) electrons. The molecule has 0 aromatic heterocycles. The Morgan fingerprint density at radius 3 is 2.62 bits per heavy atom. The van der Waals surface area contributed by atoms with E-state index in [9.17, 15) is 0 Å². The highest BCUT2D eigenvalue weighted by Gasteiger charge is 1.75. The minimum atomic E-state index is 1.00. The summed E-state index contributed by atoms with van der Waals surface area (Å²) in [5.41, 5.74) is 0. The van der Waals surface area contributed by atoms with E-state index in [0.29, 0.717) is 0 Å². The van der Waals surface area contributed by atoms with Crippen LogP contribution >= 0.6 is 0 Å². The van der Waals surface area contributed by atoms with E-state index in [2.05, 4.69) is 6.92 Å². The highest BCUT2D eigenvalue weighted by molar-refractivity contribution is 4.83. The normalized spacial score (nSPS) is 10.1. The molecule has 0 aliphatic heterocycles. The molecule has 0 fully saturated rings. The van der Waals surface area contributed by atoms with Gasteiger partial charge in [-0.25, -0.2) is 0 Å². The molecule has 0 heterocycles. The third-order valence-corrected chi connectivity index (χ3v) is 0.908. The Kier molecular flexibility index (Phi) is 6.06. The number of hydrogen-bond donors (Lipinski definition) is 0. The molecule has 8 heavy (non-hydrogen) atoms. The van der Waals surface area contributed by atoms with Gasteiger partial charge in [0.05, 0.1) is 0 Å². The maximum absolute atomic E-state index is 5.15. The molecule has 0 unspecified atom stereocenters. The summed E-state index contributed by atoms with van der Waals surface area (Å²) in [4.78, 5) is 0. The average Bonchev–Trinajstić information content (AvgIpc) is 1.81. The molecule has 0 aliphatic rings. The average molecular weight is 108 g/mol. The number of hydrogen-bond acceptors (Lipinski definition) is 0. The molecule has 0 saturated heterocycles. The highest BCUT2D eigenvalue weighted by Crippen LogP contribution is 1.95. The Labute approximate surface area is 51.9 Å². The minimum Gasteiger partial charge on any atom is -0.0885 e. The van der Waals surface area contributed by atoms with E-state index < -0.39 is 0 Å². The lowest BCUT2D eigenvalue weighted by Gasteiger charge is -1.85. The van der Waals surface area contributed by atoms with Gasteiger partial charge in [-0.2, -0.15) is 0 Å². The molecule has 0 N–H and O–H groups in total. The second-order valence-corrected chi connectivity index (χ2v) is 1.64. The smallest absolute Gasteiger partial charge is 0.0316 e. The molecule has 0 amide bonds. The molecular weight excluding hydrogens is 96.1 g/mol. The summed E-state index contributed by atoms with van der Waals surface area (Å²) in [6.45, 7) is 8.71. The first-order valence-corrected chi connectivity index (χ1v) is 2.89. The van der Waals surface area contributed by atoms with Gasteiger partial charge in [-0.3, -0.25) is 0 Å². The fraction of sp³-hybridized carbons (Fsp3) is 0.375. The van der Waals surface area contributed by atoms with Gasteiger partial charge in [0.15, 0.2) is 0 Å². The Hall–Kier alpha value is -0.520. The fourth-order valence-corrected chi connectivity index (χ4v) is 0.471.